The second-order valence-corrected chi connectivity index (χ2v) is 8.55. The molecule has 0 fully saturated rings. The molecule has 4 nitrogen and oxygen atoms in total. The molecule has 0 aliphatic heterocycles. The molecule has 122 valence electrons. The van der Waals surface area contributed by atoms with Crippen molar-refractivity contribution in [1.82, 2.24) is 15.5 Å². The van der Waals surface area contributed by atoms with Crippen molar-refractivity contribution in [3.63, 3.8) is 0 Å². The van der Waals surface area contributed by atoms with E-state index in [1.54, 1.807) is 11.8 Å². The highest BCUT2D eigenvalue weighted by Crippen LogP contribution is 2.29. The fourth-order valence-electron chi connectivity index (χ4n) is 1.58. The van der Waals surface area contributed by atoms with E-state index in [4.69, 9.17) is 0 Å². The second-order valence-electron chi connectivity index (χ2n) is 5.13. The van der Waals surface area contributed by atoms with Gasteiger partial charge in [-0.2, -0.15) is 0 Å². The Balaban J connectivity index is 1.71. The molecule has 0 bridgehead atoms. The van der Waals surface area contributed by atoms with Gasteiger partial charge in [0.2, 0.25) is 5.91 Å². The molecule has 1 aromatic heterocycles. The summed E-state index contributed by atoms with van der Waals surface area (Å²) in [5.74, 6) is 1.20. The van der Waals surface area contributed by atoms with E-state index >= 15 is 0 Å². The summed E-state index contributed by atoms with van der Waals surface area (Å²) in [4.78, 5) is 11.9. The average molecular weight is 366 g/mol. The minimum absolute atomic E-state index is 0.00177. The SMILES string of the molecule is C=C(C)CSc1nnc(SCC(=O)NCc2ccc(C)cc2)s1. The van der Waals surface area contributed by atoms with Gasteiger partial charge in [-0.25, -0.2) is 0 Å². The molecule has 0 atom stereocenters. The summed E-state index contributed by atoms with van der Waals surface area (Å²) < 4.78 is 1.73. The molecule has 2 rings (SSSR count). The fourth-order valence-corrected chi connectivity index (χ4v) is 4.28. The van der Waals surface area contributed by atoms with Gasteiger partial charge in [0.05, 0.1) is 5.75 Å². The Kier molecular flexibility index (Phi) is 7.14. The van der Waals surface area contributed by atoms with Crippen LogP contribution in [0.2, 0.25) is 0 Å². The molecule has 2 aromatic rings. The first-order valence-corrected chi connectivity index (χ1v) is 9.87. The number of benzene rings is 1. The molecule has 0 radical (unpaired) electrons. The van der Waals surface area contributed by atoms with Gasteiger partial charge in [-0.05, 0) is 19.4 Å². The van der Waals surface area contributed by atoms with E-state index in [1.165, 1.54) is 28.7 Å². The lowest BCUT2D eigenvalue weighted by atomic mass is 10.1. The smallest absolute Gasteiger partial charge is 0.230 e. The number of carbonyl (C=O) groups excluding carboxylic acids is 1. The van der Waals surface area contributed by atoms with Crippen LogP contribution in [-0.2, 0) is 11.3 Å². The number of rotatable bonds is 8. The number of nitrogens with one attached hydrogen (secondary N) is 1. The molecule has 1 N–H and O–H groups in total. The number of hydrogen-bond acceptors (Lipinski definition) is 6. The third-order valence-electron chi connectivity index (χ3n) is 2.77. The Bertz CT molecular complexity index is 667. The zero-order chi connectivity index (χ0) is 16.7. The van der Waals surface area contributed by atoms with Gasteiger partial charge in [-0.3, -0.25) is 4.79 Å². The molecule has 0 spiro atoms. The normalized spacial score (nSPS) is 10.5. The van der Waals surface area contributed by atoms with Crippen molar-refractivity contribution >= 4 is 40.8 Å². The largest absolute Gasteiger partial charge is 0.351 e. The van der Waals surface area contributed by atoms with Crippen LogP contribution in [0.3, 0.4) is 0 Å². The fraction of sp³-hybridized carbons (Fsp3) is 0.312. The lowest BCUT2D eigenvalue weighted by Gasteiger charge is -2.04. The van der Waals surface area contributed by atoms with Crippen molar-refractivity contribution < 1.29 is 4.79 Å². The highest BCUT2D eigenvalue weighted by Gasteiger charge is 2.08. The molecule has 1 aromatic carbocycles. The van der Waals surface area contributed by atoms with Gasteiger partial charge in [0.15, 0.2) is 8.68 Å². The molecule has 1 heterocycles. The number of nitrogens with zero attached hydrogens (tertiary/aromatic N) is 2. The second kappa shape index (κ2) is 9.10. The average Bonchev–Trinajstić information content (AvgIpc) is 2.98. The van der Waals surface area contributed by atoms with Gasteiger partial charge < -0.3 is 5.32 Å². The van der Waals surface area contributed by atoms with E-state index < -0.39 is 0 Å². The van der Waals surface area contributed by atoms with Gasteiger partial charge in [-0.15, -0.1) is 10.2 Å². The molecule has 23 heavy (non-hydrogen) atoms. The van der Waals surface area contributed by atoms with Crippen LogP contribution in [0.4, 0.5) is 0 Å². The standard InChI is InChI=1S/C16H19N3OS3/c1-11(2)9-21-15-18-19-16(23-15)22-10-14(20)17-8-13-6-4-12(3)5-7-13/h4-7H,1,8-10H2,2-3H3,(H,17,20). The monoisotopic (exact) mass is 365 g/mol. The molecular formula is C16H19N3OS3. The summed E-state index contributed by atoms with van der Waals surface area (Å²) >= 11 is 4.56. The first-order chi connectivity index (χ1) is 11.0. The van der Waals surface area contributed by atoms with E-state index in [1.807, 2.05) is 38.1 Å². The Morgan fingerprint density at radius 1 is 1.17 bits per heavy atom. The van der Waals surface area contributed by atoms with Gasteiger partial charge in [0.1, 0.15) is 0 Å². The number of aromatic nitrogens is 2. The first kappa shape index (κ1) is 18.0. The highest BCUT2D eigenvalue weighted by molar-refractivity contribution is 8.03. The summed E-state index contributed by atoms with van der Waals surface area (Å²) in [6, 6.07) is 8.14. The van der Waals surface area contributed by atoms with E-state index in [-0.39, 0.29) is 5.91 Å². The number of aryl methyl sites for hydroxylation is 1. The van der Waals surface area contributed by atoms with E-state index in [0.29, 0.717) is 12.3 Å². The van der Waals surface area contributed by atoms with Gasteiger partial charge in [-0.1, -0.05) is 76.8 Å². The van der Waals surface area contributed by atoms with E-state index in [2.05, 4.69) is 22.1 Å². The maximum absolute atomic E-state index is 11.9. The highest BCUT2D eigenvalue weighted by atomic mass is 32.2. The van der Waals surface area contributed by atoms with Crippen LogP contribution in [-0.4, -0.2) is 27.6 Å². The predicted molar refractivity (Wildman–Crippen MR) is 99.2 cm³/mol. The van der Waals surface area contributed by atoms with Gasteiger partial charge >= 0.3 is 0 Å². The van der Waals surface area contributed by atoms with Crippen molar-refractivity contribution in [1.29, 1.82) is 0 Å². The molecule has 1 amide bonds. The third-order valence-corrected chi connectivity index (χ3v) is 6.19. The van der Waals surface area contributed by atoms with Crippen molar-refractivity contribution in [2.45, 2.75) is 29.1 Å². The molecule has 0 aliphatic carbocycles. The Morgan fingerprint density at radius 3 is 2.39 bits per heavy atom. The maximum atomic E-state index is 11.9. The summed E-state index contributed by atoms with van der Waals surface area (Å²) in [6.07, 6.45) is 0. The number of carbonyl (C=O) groups is 1. The van der Waals surface area contributed by atoms with Crippen LogP contribution in [0, 0.1) is 6.92 Å². The first-order valence-electron chi connectivity index (χ1n) is 7.08. The molecule has 0 aliphatic rings. The minimum atomic E-state index is 0.00177. The van der Waals surface area contributed by atoms with Crippen molar-refractivity contribution in [3.05, 3.63) is 47.5 Å². The molecule has 0 unspecified atom stereocenters. The van der Waals surface area contributed by atoms with Crippen molar-refractivity contribution in [2.75, 3.05) is 11.5 Å². The zero-order valence-corrected chi connectivity index (χ0v) is 15.6. The van der Waals surface area contributed by atoms with Crippen LogP contribution in [0.1, 0.15) is 18.1 Å². The number of hydrogen-bond donors (Lipinski definition) is 1. The summed E-state index contributed by atoms with van der Waals surface area (Å²) in [5.41, 5.74) is 3.42. The third kappa shape index (κ3) is 6.76. The quantitative estimate of drug-likeness (QED) is 0.567. The topological polar surface area (TPSA) is 54.9 Å². The number of amides is 1. The lowest BCUT2D eigenvalue weighted by molar-refractivity contribution is -0.118. The Labute approximate surface area is 149 Å². The summed E-state index contributed by atoms with van der Waals surface area (Å²) in [5, 5.41) is 11.1. The Hall–Kier alpha value is -1.31. The number of thioether (sulfide) groups is 2. The van der Waals surface area contributed by atoms with Crippen LogP contribution < -0.4 is 5.32 Å². The lowest BCUT2D eigenvalue weighted by Crippen LogP contribution is -2.24. The summed E-state index contributed by atoms with van der Waals surface area (Å²) in [6.45, 7) is 8.45. The minimum Gasteiger partial charge on any atom is -0.351 e. The summed E-state index contributed by atoms with van der Waals surface area (Å²) in [7, 11) is 0. The maximum Gasteiger partial charge on any atom is 0.230 e. The van der Waals surface area contributed by atoms with Gasteiger partial charge in [0.25, 0.3) is 0 Å². The molecule has 7 heteroatoms. The van der Waals surface area contributed by atoms with Crippen LogP contribution in [0.5, 0.6) is 0 Å². The molecule has 0 saturated heterocycles. The Morgan fingerprint density at radius 2 is 1.78 bits per heavy atom. The molecular weight excluding hydrogens is 346 g/mol. The van der Waals surface area contributed by atoms with Crippen molar-refractivity contribution in [2.24, 2.45) is 0 Å². The van der Waals surface area contributed by atoms with Crippen molar-refractivity contribution in [3.8, 4) is 0 Å². The van der Waals surface area contributed by atoms with Crippen LogP contribution >= 0.6 is 34.9 Å². The van der Waals surface area contributed by atoms with E-state index in [9.17, 15) is 4.79 Å². The van der Waals surface area contributed by atoms with Crippen LogP contribution in [0.25, 0.3) is 0 Å². The predicted octanol–water partition coefficient (Wildman–Crippen LogP) is 3.92. The zero-order valence-electron chi connectivity index (χ0n) is 13.2. The van der Waals surface area contributed by atoms with E-state index in [0.717, 1.165) is 25.6 Å². The molecule has 0 saturated carbocycles. The van der Waals surface area contributed by atoms with Crippen LogP contribution in [0.15, 0.2) is 45.1 Å². The van der Waals surface area contributed by atoms with Gasteiger partial charge in [0, 0.05) is 12.3 Å².